The van der Waals surface area contributed by atoms with Crippen LogP contribution >= 0.6 is 0 Å². The number of ether oxygens (including phenoxy) is 2. The average Bonchev–Trinajstić information content (AvgIpc) is 3.55. The molecular formula is C81H146O5. The second-order valence-corrected chi connectivity index (χ2v) is 25.7. The van der Waals surface area contributed by atoms with Crippen LogP contribution in [0, 0.1) is 0 Å². The Hall–Kier alpha value is -2.92. The minimum Gasteiger partial charge on any atom is -0.462 e. The Labute approximate surface area is 536 Å². The van der Waals surface area contributed by atoms with Crippen molar-refractivity contribution >= 4 is 11.9 Å². The molecule has 0 spiro atoms. The van der Waals surface area contributed by atoms with Gasteiger partial charge in [0.05, 0.1) is 6.61 Å². The van der Waals surface area contributed by atoms with Crippen molar-refractivity contribution in [1.29, 1.82) is 0 Å². The van der Waals surface area contributed by atoms with Gasteiger partial charge in [-0.1, -0.05) is 381 Å². The van der Waals surface area contributed by atoms with E-state index in [4.69, 9.17) is 9.47 Å². The minimum atomic E-state index is -0.774. The Balaban J connectivity index is 3.39. The molecule has 0 fully saturated rings. The highest BCUT2D eigenvalue weighted by atomic mass is 16.6. The van der Waals surface area contributed by atoms with E-state index in [0.717, 1.165) is 77.0 Å². The molecular weight excluding hydrogens is 1050 g/mol. The number of aliphatic hydroxyl groups excluding tert-OH is 1. The summed E-state index contributed by atoms with van der Waals surface area (Å²) in [5.74, 6) is -0.569. The van der Waals surface area contributed by atoms with Crippen LogP contribution in [0.2, 0.25) is 0 Å². The van der Waals surface area contributed by atoms with Crippen molar-refractivity contribution in [3.8, 4) is 0 Å². The molecule has 0 bridgehead atoms. The second-order valence-electron chi connectivity index (χ2n) is 25.7. The van der Waals surface area contributed by atoms with Crippen LogP contribution in [-0.4, -0.2) is 36.4 Å². The van der Waals surface area contributed by atoms with Gasteiger partial charge in [-0.05, 0) is 89.9 Å². The molecule has 0 aromatic rings. The predicted octanol–water partition coefficient (Wildman–Crippen LogP) is 26.8. The molecule has 1 N–H and O–H groups in total. The Morgan fingerprint density at radius 3 is 0.756 bits per heavy atom. The monoisotopic (exact) mass is 1200 g/mol. The van der Waals surface area contributed by atoms with Crippen molar-refractivity contribution in [3.05, 3.63) is 85.1 Å². The fraction of sp³-hybridized carbons (Fsp3) is 0.802. The molecule has 0 aliphatic heterocycles. The maximum Gasteiger partial charge on any atom is 0.306 e. The third-order valence-electron chi connectivity index (χ3n) is 17.2. The van der Waals surface area contributed by atoms with Crippen LogP contribution in [0.4, 0.5) is 0 Å². The first-order valence-corrected chi connectivity index (χ1v) is 38.1. The molecule has 86 heavy (non-hydrogen) atoms. The van der Waals surface area contributed by atoms with Crippen LogP contribution in [0.25, 0.3) is 0 Å². The highest BCUT2D eigenvalue weighted by Gasteiger charge is 2.16. The zero-order valence-electron chi connectivity index (χ0n) is 57.6. The maximum atomic E-state index is 12.4. The highest BCUT2D eigenvalue weighted by Crippen LogP contribution is 2.19. The quantitative estimate of drug-likeness (QED) is 0.0373. The largest absolute Gasteiger partial charge is 0.462 e. The molecule has 500 valence electrons. The van der Waals surface area contributed by atoms with Crippen LogP contribution < -0.4 is 0 Å². The SMILES string of the molecule is CC/C=C\C/C=C\C/C=C\C/C=C\C/C=C\CCCCCCCCCCCCCCCCCCCCCC(=O)OC(CO)COC(=O)CCCCCCCCCCCCCCCCCCCCCCCCCCC/C=C\C/C=C\CCCCCCC. The summed E-state index contributed by atoms with van der Waals surface area (Å²) < 4.78 is 10.8. The Morgan fingerprint density at radius 2 is 0.500 bits per heavy atom. The molecule has 5 nitrogen and oxygen atoms in total. The van der Waals surface area contributed by atoms with Crippen LogP contribution in [0.5, 0.6) is 0 Å². The average molecular weight is 1200 g/mol. The van der Waals surface area contributed by atoms with Crippen molar-refractivity contribution in [3.63, 3.8) is 0 Å². The van der Waals surface area contributed by atoms with Gasteiger partial charge in [-0.15, -0.1) is 0 Å². The third kappa shape index (κ3) is 73.5. The molecule has 0 saturated heterocycles. The number of unbranched alkanes of at least 4 members (excludes halogenated alkanes) is 49. The van der Waals surface area contributed by atoms with Gasteiger partial charge >= 0.3 is 11.9 Å². The third-order valence-corrected chi connectivity index (χ3v) is 17.2. The van der Waals surface area contributed by atoms with E-state index >= 15 is 0 Å². The second kappa shape index (κ2) is 76.3. The van der Waals surface area contributed by atoms with Gasteiger partial charge in [-0.2, -0.15) is 0 Å². The van der Waals surface area contributed by atoms with Crippen molar-refractivity contribution in [2.45, 2.75) is 405 Å². The van der Waals surface area contributed by atoms with Gasteiger partial charge in [-0.3, -0.25) is 9.59 Å². The van der Waals surface area contributed by atoms with Crippen molar-refractivity contribution in [1.82, 2.24) is 0 Å². The fourth-order valence-electron chi connectivity index (χ4n) is 11.5. The van der Waals surface area contributed by atoms with Crippen molar-refractivity contribution in [2.75, 3.05) is 13.2 Å². The maximum absolute atomic E-state index is 12.4. The summed E-state index contributed by atoms with van der Waals surface area (Å²) in [6, 6.07) is 0. The lowest BCUT2D eigenvalue weighted by Gasteiger charge is -2.15. The fourth-order valence-corrected chi connectivity index (χ4v) is 11.5. The van der Waals surface area contributed by atoms with Gasteiger partial charge in [0.1, 0.15) is 6.61 Å². The first kappa shape index (κ1) is 83.1. The van der Waals surface area contributed by atoms with E-state index in [1.807, 2.05) is 0 Å². The Morgan fingerprint density at radius 1 is 0.279 bits per heavy atom. The summed E-state index contributed by atoms with van der Waals surface area (Å²) in [5, 5.41) is 9.72. The molecule has 0 saturated carbocycles. The van der Waals surface area contributed by atoms with Crippen LogP contribution in [0.15, 0.2) is 85.1 Å². The number of carbonyl (C=O) groups is 2. The van der Waals surface area contributed by atoms with Crippen LogP contribution in [0.1, 0.15) is 399 Å². The van der Waals surface area contributed by atoms with E-state index in [2.05, 4.69) is 98.9 Å². The van der Waals surface area contributed by atoms with Crippen LogP contribution in [-0.2, 0) is 19.1 Å². The lowest BCUT2D eigenvalue weighted by molar-refractivity contribution is -0.161. The number of carbonyl (C=O) groups excluding carboxylic acids is 2. The number of rotatable bonds is 71. The highest BCUT2D eigenvalue weighted by molar-refractivity contribution is 5.70. The molecule has 0 radical (unpaired) electrons. The molecule has 5 heteroatoms. The molecule has 0 heterocycles. The lowest BCUT2D eigenvalue weighted by atomic mass is 10.0. The number of hydrogen-bond acceptors (Lipinski definition) is 5. The number of esters is 2. The zero-order valence-corrected chi connectivity index (χ0v) is 57.6. The van der Waals surface area contributed by atoms with E-state index in [-0.39, 0.29) is 25.2 Å². The molecule has 1 atom stereocenters. The van der Waals surface area contributed by atoms with Gasteiger partial charge < -0.3 is 14.6 Å². The summed E-state index contributed by atoms with van der Waals surface area (Å²) >= 11 is 0. The predicted molar refractivity (Wildman–Crippen MR) is 380 cm³/mol. The standard InChI is InChI=1S/C81H146O5/c1-3-5-7-9-11-13-15-17-19-21-23-25-27-29-31-33-35-37-39-40-42-43-45-47-49-51-53-55-57-59-61-63-65-67-69-71-73-75-80(83)85-78-79(77-82)86-81(84)76-74-72-70-68-66-64-62-60-58-56-54-52-50-48-46-44-41-38-36-34-32-30-28-26-24-22-20-18-16-14-12-10-8-6-4-2/h6,8,12,14-15,17-18,20-21,23-24,26,30,32,79,82H,3-5,7,9-11,13,16,19,22,25,27-29,31,33-78H2,1-2H3/b8-6-,14-12-,17-15-,20-18-,23-21-,26-24-,32-30-. The molecule has 0 aliphatic rings. The van der Waals surface area contributed by atoms with Gasteiger partial charge in [0.25, 0.3) is 0 Å². The van der Waals surface area contributed by atoms with Crippen molar-refractivity contribution in [2.24, 2.45) is 0 Å². The van der Waals surface area contributed by atoms with Gasteiger partial charge in [-0.25, -0.2) is 0 Å². The number of allylic oxidation sites excluding steroid dienone is 14. The van der Waals surface area contributed by atoms with E-state index in [1.54, 1.807) is 0 Å². The van der Waals surface area contributed by atoms with Crippen molar-refractivity contribution < 1.29 is 24.2 Å². The molecule has 0 amide bonds. The Kier molecular flexibility index (Phi) is 73.7. The summed E-state index contributed by atoms with van der Waals surface area (Å²) in [5.41, 5.74) is 0. The van der Waals surface area contributed by atoms with Gasteiger partial charge in [0.2, 0.25) is 0 Å². The van der Waals surface area contributed by atoms with E-state index in [9.17, 15) is 14.7 Å². The normalized spacial score (nSPS) is 12.6. The van der Waals surface area contributed by atoms with E-state index in [1.165, 1.54) is 295 Å². The smallest absolute Gasteiger partial charge is 0.306 e. The number of hydrogen-bond donors (Lipinski definition) is 1. The summed E-state index contributed by atoms with van der Waals surface area (Å²) in [4.78, 5) is 24.7. The van der Waals surface area contributed by atoms with Gasteiger partial charge in [0, 0.05) is 12.8 Å². The number of aliphatic hydroxyl groups is 1. The summed E-state index contributed by atoms with van der Waals surface area (Å²) in [7, 11) is 0. The van der Waals surface area contributed by atoms with E-state index in [0.29, 0.717) is 12.8 Å². The van der Waals surface area contributed by atoms with E-state index < -0.39 is 6.10 Å². The lowest BCUT2D eigenvalue weighted by Crippen LogP contribution is -2.28. The molecule has 0 aromatic carbocycles. The summed E-state index contributed by atoms with van der Waals surface area (Å²) in [6.07, 6.45) is 108. The first-order valence-electron chi connectivity index (χ1n) is 38.1. The first-order chi connectivity index (χ1) is 42.6. The molecule has 0 aliphatic carbocycles. The molecule has 1 unspecified atom stereocenters. The van der Waals surface area contributed by atoms with Gasteiger partial charge in [0.15, 0.2) is 6.10 Å². The minimum absolute atomic E-state index is 0.0619. The Bertz CT molecular complexity index is 1550. The molecule has 0 aromatic heterocycles. The zero-order chi connectivity index (χ0) is 61.9. The van der Waals surface area contributed by atoms with Crippen LogP contribution in [0.3, 0.4) is 0 Å². The summed E-state index contributed by atoms with van der Waals surface area (Å²) in [6.45, 7) is 4.07. The topological polar surface area (TPSA) is 72.8 Å². The molecule has 0 rings (SSSR count).